The summed E-state index contributed by atoms with van der Waals surface area (Å²) < 4.78 is 45.2. The maximum atomic E-state index is 12.9. The van der Waals surface area contributed by atoms with E-state index >= 15 is 0 Å². The van der Waals surface area contributed by atoms with Crippen LogP contribution in [0, 0.1) is 5.82 Å². The van der Waals surface area contributed by atoms with Gasteiger partial charge in [0.15, 0.2) is 15.7 Å². The molecule has 11 heteroatoms. The fourth-order valence-corrected chi connectivity index (χ4v) is 4.78. The lowest BCUT2D eigenvalue weighted by Gasteiger charge is -2.05. The highest BCUT2D eigenvalue weighted by Gasteiger charge is 2.20. The topological polar surface area (TPSA) is 99.9 Å². The number of rotatable bonds is 8. The van der Waals surface area contributed by atoms with E-state index < -0.39 is 9.84 Å². The van der Waals surface area contributed by atoms with Crippen LogP contribution in [0.1, 0.15) is 16.5 Å². The number of hydrogen-bond acceptors (Lipinski definition) is 8. The van der Waals surface area contributed by atoms with Gasteiger partial charge in [-0.15, -0.1) is 16.4 Å². The summed E-state index contributed by atoms with van der Waals surface area (Å²) in [6.45, 7) is 0.169. The van der Waals surface area contributed by atoms with E-state index in [0.29, 0.717) is 22.1 Å². The minimum absolute atomic E-state index is 0.169. The smallest absolute Gasteiger partial charge is 0.171 e. The summed E-state index contributed by atoms with van der Waals surface area (Å²) in [6, 6.07) is 14.7. The molecule has 0 fully saturated rings. The molecule has 0 radical (unpaired) electrons. The molecule has 2 aromatic carbocycles. The predicted molar refractivity (Wildman–Crippen MR) is 108 cm³/mol. The third-order valence-electron chi connectivity index (χ3n) is 4.03. The van der Waals surface area contributed by atoms with E-state index in [1.54, 1.807) is 17.5 Å². The molecule has 0 spiro atoms. The molecule has 0 amide bonds. The van der Waals surface area contributed by atoms with Crippen molar-refractivity contribution >= 4 is 21.2 Å². The van der Waals surface area contributed by atoms with Crippen LogP contribution in [0.5, 0.6) is 5.75 Å². The Labute approximate surface area is 175 Å². The van der Waals surface area contributed by atoms with Gasteiger partial charge in [-0.1, -0.05) is 18.2 Å². The van der Waals surface area contributed by atoms with Gasteiger partial charge in [0.05, 0.1) is 17.1 Å². The molecule has 2 aromatic heterocycles. The Kier molecular flexibility index (Phi) is 5.81. The molecule has 0 aliphatic rings. The van der Waals surface area contributed by atoms with Gasteiger partial charge in [-0.2, -0.15) is 4.68 Å². The van der Waals surface area contributed by atoms with E-state index in [9.17, 15) is 12.8 Å². The van der Waals surface area contributed by atoms with Gasteiger partial charge in [-0.05, 0) is 46.8 Å². The molecule has 0 bridgehead atoms. The maximum Gasteiger partial charge on any atom is 0.171 e. The number of nitrogens with zero attached hydrogens (tertiary/aromatic N) is 5. The van der Waals surface area contributed by atoms with Crippen molar-refractivity contribution in [2.75, 3.05) is 0 Å². The van der Waals surface area contributed by atoms with Crippen molar-refractivity contribution in [1.82, 2.24) is 25.2 Å². The van der Waals surface area contributed by atoms with Gasteiger partial charge >= 0.3 is 0 Å². The van der Waals surface area contributed by atoms with Crippen molar-refractivity contribution in [1.29, 1.82) is 0 Å². The van der Waals surface area contributed by atoms with E-state index in [1.165, 1.54) is 40.3 Å². The van der Waals surface area contributed by atoms with Crippen LogP contribution in [0.2, 0.25) is 0 Å². The Hall–Kier alpha value is -3.18. The molecule has 0 unspecified atom stereocenters. The highest BCUT2D eigenvalue weighted by Crippen LogP contribution is 2.18. The SMILES string of the molecule is O=S(=O)(Cc1csc(COc2ccc(F)cc2)n1)Cc1nnnn1-c1ccccc1. The first kappa shape index (κ1) is 20.1. The lowest BCUT2D eigenvalue weighted by Crippen LogP contribution is -2.13. The van der Waals surface area contributed by atoms with Crippen LogP contribution in [0.25, 0.3) is 5.69 Å². The Balaban J connectivity index is 1.40. The molecular weight excluding hydrogens is 429 g/mol. The van der Waals surface area contributed by atoms with E-state index in [0.717, 1.165) is 0 Å². The van der Waals surface area contributed by atoms with Crippen molar-refractivity contribution < 1.29 is 17.5 Å². The van der Waals surface area contributed by atoms with Gasteiger partial charge in [0, 0.05) is 5.38 Å². The quantitative estimate of drug-likeness (QED) is 0.411. The van der Waals surface area contributed by atoms with E-state index in [-0.39, 0.29) is 29.8 Å². The zero-order chi connectivity index (χ0) is 21.0. The molecule has 0 aliphatic heterocycles. The highest BCUT2D eigenvalue weighted by molar-refractivity contribution is 7.89. The second-order valence-corrected chi connectivity index (χ2v) is 9.36. The Morgan fingerprint density at radius 3 is 2.57 bits per heavy atom. The molecule has 2 heterocycles. The third kappa shape index (κ3) is 5.05. The fraction of sp³-hybridized carbons (Fsp3) is 0.158. The lowest BCUT2D eigenvalue weighted by atomic mass is 10.3. The van der Waals surface area contributed by atoms with Gasteiger partial charge in [0.2, 0.25) is 0 Å². The van der Waals surface area contributed by atoms with Crippen LogP contribution < -0.4 is 4.74 Å². The minimum atomic E-state index is -3.55. The van der Waals surface area contributed by atoms with Gasteiger partial charge in [0.1, 0.15) is 28.9 Å². The summed E-state index contributed by atoms with van der Waals surface area (Å²) in [6.07, 6.45) is 0. The number of halogens is 1. The number of para-hydroxylation sites is 1. The number of tetrazole rings is 1. The summed E-state index contributed by atoms with van der Waals surface area (Å²) in [5.74, 6) is -0.151. The first-order valence-electron chi connectivity index (χ1n) is 8.83. The second kappa shape index (κ2) is 8.67. The Morgan fingerprint density at radius 1 is 1.03 bits per heavy atom. The van der Waals surface area contributed by atoms with E-state index in [4.69, 9.17) is 4.74 Å². The summed E-state index contributed by atoms with van der Waals surface area (Å²) in [4.78, 5) is 4.32. The molecule has 8 nitrogen and oxygen atoms in total. The molecular formula is C19H16FN5O3S2. The maximum absolute atomic E-state index is 12.9. The van der Waals surface area contributed by atoms with Gasteiger partial charge in [-0.25, -0.2) is 17.8 Å². The van der Waals surface area contributed by atoms with Gasteiger partial charge in [0.25, 0.3) is 0 Å². The van der Waals surface area contributed by atoms with Crippen LogP contribution in [-0.2, 0) is 27.9 Å². The van der Waals surface area contributed by atoms with Crippen LogP contribution in [-0.4, -0.2) is 33.6 Å². The molecule has 4 aromatic rings. The number of sulfone groups is 1. The molecule has 0 N–H and O–H groups in total. The molecule has 0 saturated heterocycles. The fourth-order valence-electron chi connectivity index (χ4n) is 2.70. The molecule has 0 atom stereocenters. The average molecular weight is 446 g/mol. The Morgan fingerprint density at radius 2 is 1.80 bits per heavy atom. The van der Waals surface area contributed by atoms with E-state index in [2.05, 4.69) is 20.5 Å². The normalized spacial score (nSPS) is 11.5. The number of thiazole rings is 1. The van der Waals surface area contributed by atoms with Crippen LogP contribution in [0.3, 0.4) is 0 Å². The number of ether oxygens (including phenoxy) is 1. The monoisotopic (exact) mass is 445 g/mol. The summed E-state index contributed by atoms with van der Waals surface area (Å²) in [7, 11) is -3.55. The van der Waals surface area contributed by atoms with Crippen LogP contribution in [0.15, 0.2) is 60.0 Å². The number of aromatic nitrogens is 5. The largest absolute Gasteiger partial charge is 0.486 e. The molecule has 4 rings (SSSR count). The molecule has 30 heavy (non-hydrogen) atoms. The van der Waals surface area contributed by atoms with Crippen molar-refractivity contribution in [3.8, 4) is 11.4 Å². The first-order valence-corrected chi connectivity index (χ1v) is 11.5. The lowest BCUT2D eigenvalue weighted by molar-refractivity contribution is 0.305. The standard InChI is InChI=1S/C19H16FN5O3S2/c20-14-6-8-17(9-7-14)28-10-19-21-15(11-29-19)12-30(26,27)13-18-22-23-24-25(18)16-4-2-1-3-5-16/h1-9,11H,10,12-13H2. The van der Waals surface area contributed by atoms with Crippen LogP contribution in [0.4, 0.5) is 4.39 Å². The Bertz CT molecular complexity index is 1220. The highest BCUT2D eigenvalue weighted by atomic mass is 32.2. The summed E-state index contributed by atoms with van der Waals surface area (Å²) in [5, 5.41) is 13.6. The van der Waals surface area contributed by atoms with Crippen molar-refractivity contribution in [3.63, 3.8) is 0 Å². The van der Waals surface area contributed by atoms with Gasteiger partial charge in [-0.3, -0.25) is 0 Å². The zero-order valence-corrected chi connectivity index (χ0v) is 17.2. The second-order valence-electron chi connectivity index (χ2n) is 6.35. The van der Waals surface area contributed by atoms with Gasteiger partial charge < -0.3 is 4.74 Å². The molecule has 154 valence electrons. The van der Waals surface area contributed by atoms with Crippen molar-refractivity contribution in [2.24, 2.45) is 0 Å². The average Bonchev–Trinajstić information content (AvgIpc) is 3.37. The summed E-state index contributed by atoms with van der Waals surface area (Å²) in [5.41, 5.74) is 1.11. The number of hydrogen-bond donors (Lipinski definition) is 0. The van der Waals surface area contributed by atoms with Crippen molar-refractivity contribution in [2.45, 2.75) is 18.1 Å². The first-order chi connectivity index (χ1) is 14.5. The third-order valence-corrected chi connectivity index (χ3v) is 6.33. The molecule has 0 aliphatic carbocycles. The van der Waals surface area contributed by atoms with Crippen LogP contribution >= 0.6 is 11.3 Å². The summed E-state index contributed by atoms with van der Waals surface area (Å²) >= 11 is 1.30. The zero-order valence-electron chi connectivity index (χ0n) is 15.6. The number of benzene rings is 2. The van der Waals surface area contributed by atoms with E-state index in [1.807, 2.05) is 18.2 Å². The van der Waals surface area contributed by atoms with Crippen molar-refractivity contribution in [3.05, 3.63) is 82.3 Å². The molecule has 0 saturated carbocycles. The predicted octanol–water partition coefficient (Wildman–Crippen LogP) is 2.95. The minimum Gasteiger partial charge on any atom is -0.486 e.